The number of hydrogen-bond acceptors (Lipinski definition) is 4. The van der Waals surface area contributed by atoms with E-state index in [1.54, 1.807) is 25.1 Å². The maximum absolute atomic E-state index is 14.7. The molecule has 3 aromatic carbocycles. The zero-order valence-electron chi connectivity index (χ0n) is 21.4. The molecule has 0 aliphatic rings. The molecule has 0 unspecified atom stereocenters. The van der Waals surface area contributed by atoms with E-state index < -0.39 is 40.2 Å². The maximum Gasteiger partial charge on any atom is 0.244 e. The van der Waals surface area contributed by atoms with E-state index in [0.717, 1.165) is 21.7 Å². The topological polar surface area (TPSA) is 86.8 Å². The average molecular weight is 526 g/mol. The summed E-state index contributed by atoms with van der Waals surface area (Å²) in [4.78, 5) is 28.2. The highest BCUT2D eigenvalue weighted by Gasteiger charge is 2.33. The fourth-order valence-electron chi connectivity index (χ4n) is 4.11. The lowest BCUT2D eigenvalue weighted by atomic mass is 10.0. The molecule has 0 saturated heterocycles. The van der Waals surface area contributed by atoms with Gasteiger partial charge in [0.15, 0.2) is 0 Å². The van der Waals surface area contributed by atoms with Crippen molar-refractivity contribution in [3.05, 3.63) is 101 Å². The molecule has 9 heteroatoms. The molecular weight excluding hydrogens is 493 g/mol. The van der Waals surface area contributed by atoms with Crippen LogP contribution in [0.5, 0.6) is 0 Å². The zero-order valence-corrected chi connectivity index (χ0v) is 22.3. The van der Waals surface area contributed by atoms with Gasteiger partial charge >= 0.3 is 0 Å². The summed E-state index contributed by atoms with van der Waals surface area (Å²) in [7, 11) is -2.40. The molecule has 0 aliphatic heterocycles. The minimum Gasteiger partial charge on any atom is -0.357 e. The number of amides is 2. The second kappa shape index (κ2) is 12.0. The third-order valence-corrected chi connectivity index (χ3v) is 7.26. The normalized spacial score (nSPS) is 12.0. The minimum atomic E-state index is -3.87. The standard InChI is InChI=1S/C28H32FN3O4S/c1-20-14-15-21(2)25(16-20)32(37(4,35)36)19-27(33)31(18-23-12-8-9-13-24(23)29)26(28(34)30-3)17-22-10-6-5-7-11-22/h5-16,26H,17-19H2,1-4H3,(H,30,34)/t26-/m1/s1. The van der Waals surface area contributed by atoms with Crippen LogP contribution in [-0.4, -0.2) is 51.0 Å². The Morgan fingerprint density at radius 2 is 1.62 bits per heavy atom. The van der Waals surface area contributed by atoms with Gasteiger partial charge in [-0.3, -0.25) is 13.9 Å². The van der Waals surface area contributed by atoms with Gasteiger partial charge in [-0.1, -0.05) is 60.7 Å². The molecule has 1 N–H and O–H groups in total. The van der Waals surface area contributed by atoms with Gasteiger partial charge in [0.05, 0.1) is 11.9 Å². The van der Waals surface area contributed by atoms with Gasteiger partial charge in [-0.05, 0) is 42.7 Å². The molecule has 0 heterocycles. The highest BCUT2D eigenvalue weighted by molar-refractivity contribution is 7.92. The van der Waals surface area contributed by atoms with Gasteiger partial charge in [-0.2, -0.15) is 0 Å². The van der Waals surface area contributed by atoms with Crippen molar-refractivity contribution in [2.75, 3.05) is 24.2 Å². The lowest BCUT2D eigenvalue weighted by Crippen LogP contribution is -2.53. The molecule has 37 heavy (non-hydrogen) atoms. The van der Waals surface area contributed by atoms with Crippen LogP contribution in [0.2, 0.25) is 0 Å². The Balaban J connectivity index is 2.07. The number of carbonyl (C=O) groups is 2. The molecule has 3 aromatic rings. The van der Waals surface area contributed by atoms with Crippen LogP contribution >= 0.6 is 0 Å². The molecular formula is C28H32FN3O4S. The van der Waals surface area contributed by atoms with Gasteiger partial charge in [0.1, 0.15) is 18.4 Å². The van der Waals surface area contributed by atoms with E-state index in [2.05, 4.69) is 5.32 Å². The highest BCUT2D eigenvalue weighted by Crippen LogP contribution is 2.25. The first kappa shape index (κ1) is 27.9. The Morgan fingerprint density at radius 1 is 0.973 bits per heavy atom. The monoisotopic (exact) mass is 525 g/mol. The third-order valence-electron chi connectivity index (χ3n) is 6.13. The van der Waals surface area contributed by atoms with Crippen LogP contribution in [0.4, 0.5) is 10.1 Å². The predicted molar refractivity (Wildman–Crippen MR) is 143 cm³/mol. The van der Waals surface area contributed by atoms with Crippen molar-refractivity contribution in [2.24, 2.45) is 0 Å². The van der Waals surface area contributed by atoms with E-state index in [9.17, 15) is 22.4 Å². The molecule has 0 bridgehead atoms. The lowest BCUT2D eigenvalue weighted by Gasteiger charge is -2.33. The number of nitrogens with zero attached hydrogens (tertiary/aromatic N) is 2. The van der Waals surface area contributed by atoms with Crippen LogP contribution in [0.1, 0.15) is 22.3 Å². The number of anilines is 1. The third kappa shape index (κ3) is 7.16. The number of halogens is 1. The summed E-state index contributed by atoms with van der Waals surface area (Å²) in [6.07, 6.45) is 1.20. The van der Waals surface area contributed by atoms with E-state index in [-0.39, 0.29) is 18.5 Å². The molecule has 0 spiro atoms. The summed E-state index contributed by atoms with van der Waals surface area (Å²) in [6.45, 7) is 2.84. The van der Waals surface area contributed by atoms with Crippen LogP contribution in [0, 0.1) is 19.7 Å². The Kier molecular flexibility index (Phi) is 9.04. The molecule has 0 fully saturated rings. The smallest absolute Gasteiger partial charge is 0.244 e. The second-order valence-corrected chi connectivity index (χ2v) is 10.9. The fourth-order valence-corrected chi connectivity index (χ4v) is 5.01. The van der Waals surface area contributed by atoms with Crippen molar-refractivity contribution in [1.82, 2.24) is 10.2 Å². The fraction of sp³-hybridized carbons (Fsp3) is 0.286. The van der Waals surface area contributed by atoms with E-state index in [1.807, 2.05) is 43.3 Å². The van der Waals surface area contributed by atoms with Crippen LogP contribution in [-0.2, 0) is 32.6 Å². The van der Waals surface area contributed by atoms with Gasteiger partial charge in [-0.25, -0.2) is 12.8 Å². The zero-order chi connectivity index (χ0) is 27.2. The first-order chi connectivity index (χ1) is 17.5. The van der Waals surface area contributed by atoms with Crippen LogP contribution in [0.3, 0.4) is 0 Å². The number of aryl methyl sites for hydroxylation is 2. The average Bonchev–Trinajstić information content (AvgIpc) is 2.86. The Labute approximate surface area is 218 Å². The number of likely N-dealkylation sites (N-methyl/N-ethyl adjacent to an activating group) is 1. The van der Waals surface area contributed by atoms with Crippen molar-refractivity contribution in [3.8, 4) is 0 Å². The first-order valence-corrected chi connectivity index (χ1v) is 13.7. The summed E-state index contributed by atoms with van der Waals surface area (Å²) < 4.78 is 41.4. The first-order valence-electron chi connectivity index (χ1n) is 11.8. The van der Waals surface area contributed by atoms with Gasteiger partial charge in [0, 0.05) is 25.6 Å². The SMILES string of the molecule is CNC(=O)[C@@H](Cc1ccccc1)N(Cc1ccccc1F)C(=O)CN(c1cc(C)ccc1C)S(C)(=O)=O. The molecule has 0 aliphatic carbocycles. The van der Waals surface area contributed by atoms with E-state index in [0.29, 0.717) is 11.3 Å². The molecule has 196 valence electrons. The van der Waals surface area contributed by atoms with Gasteiger partial charge in [0.2, 0.25) is 21.8 Å². The minimum absolute atomic E-state index is 0.170. The number of hydrogen-bond donors (Lipinski definition) is 1. The Morgan fingerprint density at radius 3 is 2.24 bits per heavy atom. The van der Waals surface area contributed by atoms with Crippen molar-refractivity contribution < 1.29 is 22.4 Å². The molecule has 3 rings (SSSR count). The van der Waals surface area contributed by atoms with Crippen LogP contribution in [0.25, 0.3) is 0 Å². The molecule has 0 aromatic heterocycles. The molecule has 0 radical (unpaired) electrons. The van der Waals surface area contributed by atoms with Crippen LogP contribution in [0.15, 0.2) is 72.8 Å². The van der Waals surface area contributed by atoms with Crippen molar-refractivity contribution in [1.29, 1.82) is 0 Å². The summed E-state index contributed by atoms with van der Waals surface area (Å²) in [5.74, 6) is -1.59. The van der Waals surface area contributed by atoms with E-state index >= 15 is 0 Å². The highest BCUT2D eigenvalue weighted by atomic mass is 32.2. The number of sulfonamides is 1. The molecule has 2 amide bonds. The van der Waals surface area contributed by atoms with Crippen molar-refractivity contribution >= 4 is 27.5 Å². The van der Waals surface area contributed by atoms with Crippen molar-refractivity contribution in [2.45, 2.75) is 32.9 Å². The quantitative estimate of drug-likeness (QED) is 0.438. The maximum atomic E-state index is 14.7. The second-order valence-electron chi connectivity index (χ2n) is 8.99. The van der Waals surface area contributed by atoms with Gasteiger partial charge < -0.3 is 10.2 Å². The summed E-state index contributed by atoms with van der Waals surface area (Å²) in [6, 6.07) is 19.5. The number of benzene rings is 3. The number of carbonyl (C=O) groups excluding carboxylic acids is 2. The van der Waals surface area contributed by atoms with Crippen LogP contribution < -0.4 is 9.62 Å². The van der Waals surface area contributed by atoms with E-state index in [1.165, 1.54) is 30.1 Å². The van der Waals surface area contributed by atoms with E-state index in [4.69, 9.17) is 0 Å². The summed E-state index contributed by atoms with van der Waals surface area (Å²) >= 11 is 0. The number of rotatable bonds is 10. The number of nitrogens with one attached hydrogen (secondary N) is 1. The Hall–Kier alpha value is -3.72. The molecule has 7 nitrogen and oxygen atoms in total. The van der Waals surface area contributed by atoms with Gasteiger partial charge in [-0.15, -0.1) is 0 Å². The largest absolute Gasteiger partial charge is 0.357 e. The lowest BCUT2D eigenvalue weighted by molar-refractivity contribution is -0.139. The van der Waals surface area contributed by atoms with Gasteiger partial charge in [0.25, 0.3) is 0 Å². The summed E-state index contributed by atoms with van der Waals surface area (Å²) in [5, 5.41) is 2.59. The Bertz CT molecular complexity index is 1360. The molecule has 0 saturated carbocycles. The summed E-state index contributed by atoms with van der Waals surface area (Å²) in [5.41, 5.74) is 2.91. The molecule has 1 atom stereocenters. The van der Waals surface area contributed by atoms with Crippen molar-refractivity contribution in [3.63, 3.8) is 0 Å². The predicted octanol–water partition coefficient (Wildman–Crippen LogP) is 3.59.